The number of carbonyl (C=O) groups excluding carboxylic acids is 1. The van der Waals surface area contributed by atoms with Gasteiger partial charge in [-0.05, 0) is 29.1 Å². The maximum Gasteiger partial charge on any atom is 0.272 e. The lowest BCUT2D eigenvalue weighted by atomic mass is 10.2. The maximum absolute atomic E-state index is 13.0. The van der Waals surface area contributed by atoms with Gasteiger partial charge in [-0.15, -0.1) is 11.3 Å². The molecule has 0 radical (unpaired) electrons. The molecule has 0 fully saturated rings. The van der Waals surface area contributed by atoms with Crippen LogP contribution in [0.4, 0.5) is 0 Å². The second-order valence-electron chi connectivity index (χ2n) is 5.90. The van der Waals surface area contributed by atoms with Crippen molar-refractivity contribution in [1.29, 1.82) is 0 Å². The second-order valence-corrected chi connectivity index (χ2v) is 7.76. The van der Waals surface area contributed by atoms with Crippen molar-refractivity contribution in [2.24, 2.45) is 0 Å². The van der Waals surface area contributed by atoms with E-state index in [1.165, 1.54) is 23.1 Å². The van der Waals surface area contributed by atoms with Crippen LogP contribution in [0.5, 0.6) is 5.75 Å². The molecule has 0 atom stereocenters. The first-order valence-electron chi connectivity index (χ1n) is 8.61. The minimum atomic E-state index is -0.130. The Morgan fingerprint density at radius 2 is 2.18 bits per heavy atom. The van der Waals surface area contributed by atoms with Crippen molar-refractivity contribution < 1.29 is 14.3 Å². The van der Waals surface area contributed by atoms with Gasteiger partial charge < -0.3 is 14.8 Å². The van der Waals surface area contributed by atoms with Gasteiger partial charge in [-0.2, -0.15) is 0 Å². The zero-order valence-corrected chi connectivity index (χ0v) is 17.3. The number of fused-ring (bicyclic) bond motifs is 1. The SMILES string of the molecule is COCCNC(=O)CSc1nc2ccsc2c(=O)n1Cc1cccc(OC)c1. The van der Waals surface area contributed by atoms with Crippen LogP contribution in [0.15, 0.2) is 45.7 Å². The molecule has 2 aromatic heterocycles. The maximum atomic E-state index is 13.0. The van der Waals surface area contributed by atoms with E-state index >= 15 is 0 Å². The van der Waals surface area contributed by atoms with E-state index in [9.17, 15) is 9.59 Å². The van der Waals surface area contributed by atoms with E-state index in [-0.39, 0.29) is 17.2 Å². The van der Waals surface area contributed by atoms with Gasteiger partial charge in [-0.3, -0.25) is 14.2 Å². The number of amides is 1. The van der Waals surface area contributed by atoms with Gasteiger partial charge in [0.15, 0.2) is 5.16 Å². The van der Waals surface area contributed by atoms with E-state index in [4.69, 9.17) is 9.47 Å². The summed E-state index contributed by atoms with van der Waals surface area (Å²) >= 11 is 2.62. The fourth-order valence-electron chi connectivity index (χ4n) is 2.60. The summed E-state index contributed by atoms with van der Waals surface area (Å²) in [5.74, 6) is 0.765. The van der Waals surface area contributed by atoms with Gasteiger partial charge in [0.05, 0.1) is 31.5 Å². The monoisotopic (exact) mass is 419 g/mol. The molecule has 0 saturated carbocycles. The minimum Gasteiger partial charge on any atom is -0.497 e. The normalized spacial score (nSPS) is 10.9. The quantitative estimate of drug-likeness (QED) is 0.326. The van der Waals surface area contributed by atoms with Gasteiger partial charge in [0.2, 0.25) is 5.91 Å². The second kappa shape index (κ2) is 9.72. The molecule has 0 aliphatic rings. The number of carbonyl (C=O) groups is 1. The Bertz CT molecular complexity index is 1020. The highest BCUT2D eigenvalue weighted by molar-refractivity contribution is 7.99. The Kier molecular flexibility index (Phi) is 7.07. The molecule has 1 amide bonds. The lowest BCUT2D eigenvalue weighted by Gasteiger charge is -2.13. The number of methoxy groups -OCH3 is 2. The summed E-state index contributed by atoms with van der Waals surface area (Å²) in [6.45, 7) is 1.25. The van der Waals surface area contributed by atoms with Crippen molar-refractivity contribution in [2.75, 3.05) is 33.1 Å². The third-order valence-electron chi connectivity index (χ3n) is 3.97. The van der Waals surface area contributed by atoms with E-state index in [2.05, 4.69) is 10.3 Å². The lowest BCUT2D eigenvalue weighted by molar-refractivity contribution is -0.118. The van der Waals surface area contributed by atoms with Crippen molar-refractivity contribution in [3.8, 4) is 5.75 Å². The topological polar surface area (TPSA) is 82.5 Å². The van der Waals surface area contributed by atoms with Crippen molar-refractivity contribution in [2.45, 2.75) is 11.7 Å². The van der Waals surface area contributed by atoms with Crippen LogP contribution in [-0.2, 0) is 16.1 Å². The molecule has 0 bridgehead atoms. The molecule has 7 nitrogen and oxygen atoms in total. The number of rotatable bonds is 9. The summed E-state index contributed by atoms with van der Waals surface area (Å²) in [5, 5.41) is 5.13. The van der Waals surface area contributed by atoms with Crippen molar-refractivity contribution >= 4 is 39.2 Å². The summed E-state index contributed by atoms with van der Waals surface area (Å²) < 4.78 is 12.4. The Balaban J connectivity index is 1.86. The van der Waals surface area contributed by atoms with Crippen LogP contribution in [0, 0.1) is 0 Å². The standard InChI is InChI=1S/C19H21N3O4S2/c1-25-8-7-20-16(23)12-28-19-21-15-6-9-27-17(15)18(24)22(19)11-13-4-3-5-14(10-13)26-2/h3-6,9-10H,7-8,11-12H2,1-2H3,(H,20,23). The number of aromatic nitrogens is 2. The largest absolute Gasteiger partial charge is 0.497 e. The van der Waals surface area contributed by atoms with Crippen LogP contribution in [0.3, 0.4) is 0 Å². The molecule has 1 aromatic carbocycles. The third kappa shape index (κ3) is 4.92. The number of thioether (sulfide) groups is 1. The Morgan fingerprint density at radius 1 is 1.32 bits per heavy atom. The average Bonchev–Trinajstić information content (AvgIpc) is 3.18. The number of benzene rings is 1. The molecular formula is C19H21N3O4S2. The number of hydrogen-bond donors (Lipinski definition) is 1. The van der Waals surface area contributed by atoms with Crippen LogP contribution < -0.4 is 15.6 Å². The summed E-state index contributed by atoms with van der Waals surface area (Å²) in [6, 6.07) is 9.37. The molecular weight excluding hydrogens is 398 g/mol. The highest BCUT2D eigenvalue weighted by atomic mass is 32.2. The predicted octanol–water partition coefficient (Wildman–Crippen LogP) is 2.37. The molecule has 0 aliphatic carbocycles. The molecule has 0 aliphatic heterocycles. The summed E-state index contributed by atoms with van der Waals surface area (Å²) in [4.78, 5) is 29.6. The Morgan fingerprint density at radius 3 is 2.96 bits per heavy atom. The highest BCUT2D eigenvalue weighted by Crippen LogP contribution is 2.22. The van der Waals surface area contributed by atoms with E-state index in [1.807, 2.05) is 35.7 Å². The molecule has 0 saturated heterocycles. The summed E-state index contributed by atoms with van der Waals surface area (Å²) in [7, 11) is 3.19. The first kappa shape index (κ1) is 20.4. The molecule has 0 unspecified atom stereocenters. The van der Waals surface area contributed by atoms with Gasteiger partial charge in [0.1, 0.15) is 10.4 Å². The molecule has 148 valence electrons. The van der Waals surface area contributed by atoms with Crippen LogP contribution in [0.2, 0.25) is 0 Å². The van der Waals surface area contributed by atoms with Gasteiger partial charge in [0, 0.05) is 13.7 Å². The minimum absolute atomic E-state index is 0.106. The molecule has 1 N–H and O–H groups in total. The Hall–Kier alpha value is -2.36. The number of nitrogens with zero attached hydrogens (tertiary/aromatic N) is 2. The predicted molar refractivity (Wildman–Crippen MR) is 112 cm³/mol. The fourth-order valence-corrected chi connectivity index (χ4v) is 4.21. The van der Waals surface area contributed by atoms with Crippen molar-refractivity contribution in [1.82, 2.24) is 14.9 Å². The Labute approximate surface area is 170 Å². The van der Waals surface area contributed by atoms with Crippen molar-refractivity contribution in [3.05, 3.63) is 51.6 Å². The zero-order chi connectivity index (χ0) is 19.9. The molecule has 2 heterocycles. The molecule has 3 aromatic rings. The van der Waals surface area contributed by atoms with Gasteiger partial charge in [0.25, 0.3) is 5.56 Å². The van der Waals surface area contributed by atoms with Crippen LogP contribution >= 0.6 is 23.1 Å². The van der Waals surface area contributed by atoms with E-state index in [0.717, 1.165) is 11.3 Å². The molecule has 3 rings (SSSR count). The molecule has 0 spiro atoms. The number of thiophene rings is 1. The van der Waals surface area contributed by atoms with Gasteiger partial charge in [-0.25, -0.2) is 4.98 Å². The van der Waals surface area contributed by atoms with Gasteiger partial charge in [-0.1, -0.05) is 23.9 Å². The van der Waals surface area contributed by atoms with E-state index in [1.54, 1.807) is 18.8 Å². The number of ether oxygens (including phenoxy) is 2. The number of nitrogens with one attached hydrogen (secondary N) is 1. The summed E-state index contributed by atoms with van der Waals surface area (Å²) in [5.41, 5.74) is 1.47. The van der Waals surface area contributed by atoms with E-state index < -0.39 is 0 Å². The first-order chi connectivity index (χ1) is 13.6. The lowest BCUT2D eigenvalue weighted by Crippen LogP contribution is -2.29. The molecule has 9 heteroatoms. The van der Waals surface area contributed by atoms with E-state index in [0.29, 0.717) is 35.1 Å². The smallest absolute Gasteiger partial charge is 0.272 e. The van der Waals surface area contributed by atoms with Crippen LogP contribution in [0.1, 0.15) is 5.56 Å². The van der Waals surface area contributed by atoms with Gasteiger partial charge >= 0.3 is 0 Å². The van der Waals surface area contributed by atoms with Crippen LogP contribution in [0.25, 0.3) is 10.2 Å². The average molecular weight is 420 g/mol. The third-order valence-corrected chi connectivity index (χ3v) is 5.83. The van der Waals surface area contributed by atoms with Crippen LogP contribution in [-0.4, -0.2) is 48.6 Å². The first-order valence-corrected chi connectivity index (χ1v) is 10.5. The summed E-state index contributed by atoms with van der Waals surface area (Å²) in [6.07, 6.45) is 0. The molecule has 28 heavy (non-hydrogen) atoms. The highest BCUT2D eigenvalue weighted by Gasteiger charge is 2.15. The zero-order valence-electron chi connectivity index (χ0n) is 15.6. The van der Waals surface area contributed by atoms with Crippen molar-refractivity contribution in [3.63, 3.8) is 0 Å². The number of hydrogen-bond acceptors (Lipinski definition) is 7. The fraction of sp³-hybridized carbons (Fsp3) is 0.316.